The fourth-order valence-corrected chi connectivity index (χ4v) is 2.86. The molecule has 1 N–H and O–H groups in total. The van der Waals surface area contributed by atoms with E-state index in [9.17, 15) is 4.79 Å². The van der Waals surface area contributed by atoms with Crippen molar-refractivity contribution in [3.63, 3.8) is 0 Å². The van der Waals surface area contributed by atoms with Crippen LogP contribution in [0.3, 0.4) is 0 Å². The first-order valence-corrected chi connectivity index (χ1v) is 7.92. The number of hydrogen-bond acceptors (Lipinski definition) is 4. The summed E-state index contributed by atoms with van der Waals surface area (Å²) in [7, 11) is 0. The highest BCUT2D eigenvalue weighted by Crippen LogP contribution is 2.25. The molecule has 0 bridgehead atoms. The molecule has 0 saturated heterocycles. The van der Waals surface area contributed by atoms with E-state index in [1.54, 1.807) is 12.1 Å². The predicted molar refractivity (Wildman–Crippen MR) is 91.0 cm³/mol. The van der Waals surface area contributed by atoms with Gasteiger partial charge in [-0.25, -0.2) is 4.98 Å². The van der Waals surface area contributed by atoms with E-state index in [4.69, 9.17) is 5.26 Å². The van der Waals surface area contributed by atoms with E-state index in [2.05, 4.69) is 16.4 Å². The second-order valence-corrected chi connectivity index (χ2v) is 5.80. The number of anilines is 1. The summed E-state index contributed by atoms with van der Waals surface area (Å²) < 4.78 is 0. The Morgan fingerprint density at radius 2 is 1.87 bits per heavy atom. The minimum absolute atomic E-state index is 0.0862. The molecule has 0 spiro atoms. The van der Waals surface area contributed by atoms with Crippen molar-refractivity contribution in [1.82, 2.24) is 4.98 Å². The average molecular weight is 319 g/mol. The van der Waals surface area contributed by atoms with Crippen LogP contribution in [0.5, 0.6) is 0 Å². The summed E-state index contributed by atoms with van der Waals surface area (Å²) in [6.07, 6.45) is 0.326. The lowest BCUT2D eigenvalue weighted by Gasteiger charge is -2.01. The smallest absolute Gasteiger partial charge is 0.230 e. The van der Waals surface area contributed by atoms with Crippen LogP contribution in [0, 0.1) is 11.3 Å². The number of thiazole rings is 1. The molecule has 2 aromatic carbocycles. The second kappa shape index (κ2) is 6.86. The van der Waals surface area contributed by atoms with Gasteiger partial charge in [0.15, 0.2) is 5.13 Å². The molecule has 0 aliphatic carbocycles. The zero-order valence-corrected chi connectivity index (χ0v) is 13.0. The van der Waals surface area contributed by atoms with Crippen molar-refractivity contribution < 1.29 is 4.79 Å². The first-order chi connectivity index (χ1) is 11.2. The lowest BCUT2D eigenvalue weighted by molar-refractivity contribution is -0.115. The maximum atomic E-state index is 12.0. The maximum Gasteiger partial charge on any atom is 0.230 e. The van der Waals surface area contributed by atoms with E-state index >= 15 is 0 Å². The Morgan fingerprint density at radius 3 is 2.57 bits per heavy atom. The Hall–Kier alpha value is -2.97. The zero-order valence-electron chi connectivity index (χ0n) is 12.2. The normalized spacial score (nSPS) is 10.0. The molecule has 112 valence electrons. The van der Waals surface area contributed by atoms with Gasteiger partial charge in [0.1, 0.15) is 0 Å². The van der Waals surface area contributed by atoms with Gasteiger partial charge in [-0.1, -0.05) is 42.5 Å². The molecule has 3 aromatic rings. The summed E-state index contributed by atoms with van der Waals surface area (Å²) in [4.78, 5) is 16.5. The van der Waals surface area contributed by atoms with Crippen LogP contribution in [-0.2, 0) is 11.2 Å². The summed E-state index contributed by atoms with van der Waals surface area (Å²) in [5.74, 6) is -0.0862. The highest BCUT2D eigenvalue weighted by atomic mass is 32.1. The van der Waals surface area contributed by atoms with Crippen molar-refractivity contribution in [2.75, 3.05) is 5.32 Å². The van der Waals surface area contributed by atoms with Gasteiger partial charge in [0.2, 0.25) is 5.91 Å². The van der Waals surface area contributed by atoms with Crippen LogP contribution < -0.4 is 5.32 Å². The summed E-state index contributed by atoms with van der Waals surface area (Å²) in [5, 5.41) is 14.1. The second-order valence-electron chi connectivity index (χ2n) is 4.94. The van der Waals surface area contributed by atoms with Crippen molar-refractivity contribution >= 4 is 22.4 Å². The predicted octanol–water partition coefficient (Wildman–Crippen LogP) is 3.86. The fourth-order valence-electron chi connectivity index (χ4n) is 2.12. The lowest BCUT2D eigenvalue weighted by Crippen LogP contribution is -2.14. The third-order valence-electron chi connectivity index (χ3n) is 3.27. The molecule has 1 amide bonds. The molecule has 0 fully saturated rings. The number of benzene rings is 2. The molecular weight excluding hydrogens is 306 g/mol. The average Bonchev–Trinajstić information content (AvgIpc) is 3.04. The van der Waals surface area contributed by atoms with Crippen molar-refractivity contribution in [3.8, 4) is 17.3 Å². The maximum absolute atomic E-state index is 12.0. The van der Waals surface area contributed by atoms with Crippen LogP contribution in [0.1, 0.15) is 11.1 Å². The number of carbonyl (C=O) groups excluding carboxylic acids is 1. The van der Waals surface area contributed by atoms with Gasteiger partial charge in [-0.15, -0.1) is 11.3 Å². The number of amides is 1. The lowest BCUT2D eigenvalue weighted by atomic mass is 10.1. The van der Waals surface area contributed by atoms with Gasteiger partial charge < -0.3 is 5.32 Å². The number of rotatable bonds is 4. The number of carbonyl (C=O) groups is 1. The molecule has 0 atom stereocenters. The highest BCUT2D eigenvalue weighted by molar-refractivity contribution is 7.14. The molecule has 0 saturated carbocycles. The first kappa shape index (κ1) is 14.9. The number of nitrogens with one attached hydrogen (secondary N) is 1. The zero-order chi connectivity index (χ0) is 16.1. The molecule has 0 aliphatic heterocycles. The summed E-state index contributed by atoms with van der Waals surface area (Å²) in [6.45, 7) is 0. The van der Waals surface area contributed by atoms with Gasteiger partial charge in [0, 0.05) is 10.9 Å². The quantitative estimate of drug-likeness (QED) is 0.794. The Kier molecular flexibility index (Phi) is 4.46. The molecule has 1 heterocycles. The minimum Gasteiger partial charge on any atom is -0.302 e. The van der Waals surface area contributed by atoms with E-state index in [1.165, 1.54) is 11.3 Å². The van der Waals surface area contributed by atoms with E-state index < -0.39 is 0 Å². The molecule has 23 heavy (non-hydrogen) atoms. The summed E-state index contributed by atoms with van der Waals surface area (Å²) in [5.41, 5.74) is 3.28. The largest absolute Gasteiger partial charge is 0.302 e. The van der Waals surface area contributed by atoms with Crippen molar-refractivity contribution in [2.24, 2.45) is 0 Å². The van der Waals surface area contributed by atoms with Crippen LogP contribution in [0.25, 0.3) is 11.3 Å². The molecule has 0 unspecified atom stereocenters. The van der Waals surface area contributed by atoms with Gasteiger partial charge in [0.05, 0.1) is 23.7 Å². The molecule has 4 nitrogen and oxygen atoms in total. The third-order valence-corrected chi connectivity index (χ3v) is 4.03. The van der Waals surface area contributed by atoms with E-state index in [0.717, 1.165) is 16.8 Å². The van der Waals surface area contributed by atoms with Crippen LogP contribution in [-0.4, -0.2) is 10.9 Å². The topological polar surface area (TPSA) is 65.8 Å². The number of nitriles is 1. The molecule has 0 radical (unpaired) electrons. The molecular formula is C18H13N3OS. The van der Waals surface area contributed by atoms with Crippen LogP contribution in [0.15, 0.2) is 60.0 Å². The number of aromatic nitrogens is 1. The standard InChI is InChI=1S/C18H13N3OS/c19-11-14-6-8-15(9-7-14)16-12-23-18(20-16)21-17(22)10-13-4-2-1-3-5-13/h1-9,12H,10H2,(H,20,21,22). The van der Waals surface area contributed by atoms with Gasteiger partial charge >= 0.3 is 0 Å². The number of hydrogen-bond donors (Lipinski definition) is 1. The first-order valence-electron chi connectivity index (χ1n) is 7.04. The monoisotopic (exact) mass is 319 g/mol. The third kappa shape index (κ3) is 3.82. The van der Waals surface area contributed by atoms with Gasteiger partial charge in [-0.2, -0.15) is 5.26 Å². The van der Waals surface area contributed by atoms with Crippen LogP contribution in [0.2, 0.25) is 0 Å². The minimum atomic E-state index is -0.0862. The molecule has 0 aliphatic rings. The van der Waals surface area contributed by atoms with Crippen molar-refractivity contribution in [3.05, 3.63) is 71.1 Å². The van der Waals surface area contributed by atoms with Gasteiger partial charge in [0.25, 0.3) is 0 Å². The van der Waals surface area contributed by atoms with Gasteiger partial charge in [-0.3, -0.25) is 4.79 Å². The SMILES string of the molecule is N#Cc1ccc(-c2csc(NC(=O)Cc3ccccc3)n2)cc1. The fraction of sp³-hybridized carbons (Fsp3) is 0.0556. The Labute approximate surface area is 138 Å². The van der Waals surface area contributed by atoms with Crippen molar-refractivity contribution in [1.29, 1.82) is 5.26 Å². The molecule has 3 rings (SSSR count). The molecule has 5 heteroatoms. The van der Waals surface area contributed by atoms with Crippen LogP contribution in [0.4, 0.5) is 5.13 Å². The van der Waals surface area contributed by atoms with E-state index in [-0.39, 0.29) is 5.91 Å². The van der Waals surface area contributed by atoms with Gasteiger partial charge in [-0.05, 0) is 17.7 Å². The Bertz CT molecular complexity index is 848. The van der Waals surface area contributed by atoms with E-state index in [1.807, 2.05) is 47.8 Å². The highest BCUT2D eigenvalue weighted by Gasteiger charge is 2.08. The number of nitrogens with zero attached hydrogens (tertiary/aromatic N) is 2. The summed E-state index contributed by atoms with van der Waals surface area (Å²) >= 11 is 1.39. The van der Waals surface area contributed by atoms with Crippen molar-refractivity contribution in [2.45, 2.75) is 6.42 Å². The van der Waals surface area contributed by atoms with Crippen LogP contribution >= 0.6 is 11.3 Å². The Balaban J connectivity index is 1.67. The van der Waals surface area contributed by atoms with E-state index in [0.29, 0.717) is 17.1 Å². The Morgan fingerprint density at radius 1 is 1.13 bits per heavy atom. The molecule has 1 aromatic heterocycles. The summed E-state index contributed by atoms with van der Waals surface area (Å²) in [6, 6.07) is 18.9.